The Hall–Kier alpha value is -4.36. The zero-order valence-corrected chi connectivity index (χ0v) is 20.4. The number of pyridine rings is 1. The Balaban J connectivity index is 1.36. The van der Waals surface area contributed by atoms with Crippen molar-refractivity contribution in [2.75, 3.05) is 12.3 Å². The Morgan fingerprint density at radius 2 is 1.78 bits per heavy atom. The zero-order chi connectivity index (χ0) is 26.5. The number of aromatic carboxylic acids is 2. The number of carbonyl (C=O) groups is 5. The molecule has 3 heterocycles. The fraction of sp³-hybridized carbons (Fsp3) is 0.0833. The lowest BCUT2D eigenvalue weighted by molar-refractivity contribution is -0.115. The molecule has 1 saturated heterocycles. The van der Waals surface area contributed by atoms with E-state index in [2.05, 4.69) is 15.6 Å². The monoisotopic (exact) mass is 539 g/mol. The molecule has 1 aromatic carbocycles. The van der Waals surface area contributed by atoms with Gasteiger partial charge in [0, 0.05) is 34.4 Å². The van der Waals surface area contributed by atoms with Crippen molar-refractivity contribution in [3.05, 3.63) is 76.1 Å². The second kappa shape index (κ2) is 11.1. The van der Waals surface area contributed by atoms with Gasteiger partial charge in [0.25, 0.3) is 17.1 Å². The Morgan fingerprint density at radius 1 is 1.05 bits per heavy atom. The van der Waals surface area contributed by atoms with Crippen molar-refractivity contribution >= 4 is 58.6 Å². The van der Waals surface area contributed by atoms with Gasteiger partial charge in [0.05, 0.1) is 4.91 Å². The maximum Gasteiger partial charge on any atom is 0.354 e. The van der Waals surface area contributed by atoms with Gasteiger partial charge >= 0.3 is 11.9 Å². The van der Waals surface area contributed by atoms with E-state index in [1.54, 1.807) is 36.4 Å². The average Bonchev–Trinajstić information content (AvgIpc) is 3.47. The summed E-state index contributed by atoms with van der Waals surface area (Å²) in [5.41, 5.74) is 0.254. The second-order valence-electron chi connectivity index (χ2n) is 7.42. The predicted octanol–water partition coefficient (Wildman–Crippen LogP) is 3.58. The van der Waals surface area contributed by atoms with Gasteiger partial charge in [-0.1, -0.05) is 12.1 Å². The normalized spacial score (nSPS) is 14.0. The highest BCUT2D eigenvalue weighted by atomic mass is 32.2. The third-order valence-corrected chi connectivity index (χ3v) is 6.63. The van der Waals surface area contributed by atoms with Crippen LogP contribution < -0.4 is 10.6 Å². The van der Waals surface area contributed by atoms with Crippen LogP contribution in [0.25, 0.3) is 17.4 Å². The minimum absolute atomic E-state index is 0.224. The predicted molar refractivity (Wildman–Crippen MR) is 134 cm³/mol. The van der Waals surface area contributed by atoms with E-state index in [0.717, 1.165) is 11.8 Å². The minimum Gasteiger partial charge on any atom is -0.477 e. The van der Waals surface area contributed by atoms with Gasteiger partial charge in [-0.3, -0.25) is 19.7 Å². The van der Waals surface area contributed by atoms with Gasteiger partial charge in [-0.25, -0.2) is 14.6 Å². The van der Waals surface area contributed by atoms with Crippen LogP contribution in [0, 0.1) is 0 Å². The van der Waals surface area contributed by atoms with Crippen LogP contribution in [0.2, 0.25) is 0 Å². The average molecular weight is 540 g/mol. The molecule has 0 unspecified atom stereocenters. The summed E-state index contributed by atoms with van der Waals surface area (Å²) < 4.78 is 5.75. The van der Waals surface area contributed by atoms with Crippen LogP contribution in [0.1, 0.15) is 37.1 Å². The number of carbonyl (C=O) groups excluding carboxylic acids is 3. The van der Waals surface area contributed by atoms with E-state index in [9.17, 15) is 24.0 Å². The van der Waals surface area contributed by atoms with E-state index in [1.165, 1.54) is 30.0 Å². The molecule has 0 atom stereocenters. The minimum atomic E-state index is -1.34. The highest BCUT2D eigenvalue weighted by Crippen LogP contribution is 2.29. The van der Waals surface area contributed by atoms with E-state index in [-0.39, 0.29) is 28.7 Å². The SMILES string of the molecule is O=C1NC(=O)C(=Cc2ccc(-c3cccc(C(=O)NCCSc4cc(C(=O)O)nc(C(=O)O)c4)c3)o2)S1. The molecule has 3 amide bonds. The summed E-state index contributed by atoms with van der Waals surface area (Å²) in [6.07, 6.45) is 1.46. The van der Waals surface area contributed by atoms with Gasteiger partial charge in [0.1, 0.15) is 22.9 Å². The number of hydrogen-bond donors (Lipinski definition) is 4. The van der Waals surface area contributed by atoms with Crippen LogP contribution in [-0.4, -0.2) is 56.5 Å². The van der Waals surface area contributed by atoms with Crippen LogP contribution in [-0.2, 0) is 4.79 Å². The van der Waals surface area contributed by atoms with Crippen LogP contribution in [0.15, 0.2) is 62.7 Å². The molecule has 0 spiro atoms. The van der Waals surface area contributed by atoms with Crippen LogP contribution in [0.5, 0.6) is 0 Å². The summed E-state index contributed by atoms with van der Waals surface area (Å²) in [6.45, 7) is 0.234. The summed E-state index contributed by atoms with van der Waals surface area (Å²) in [4.78, 5) is 62.2. The first-order valence-corrected chi connectivity index (χ1v) is 12.3. The first kappa shape index (κ1) is 25.7. The summed E-state index contributed by atoms with van der Waals surface area (Å²) in [7, 11) is 0. The fourth-order valence-corrected chi connectivity index (χ4v) is 4.68. The maximum atomic E-state index is 12.6. The number of amides is 3. The number of thioether (sulfide) groups is 2. The Bertz CT molecular complexity index is 1430. The molecule has 3 aromatic rings. The number of nitrogens with one attached hydrogen (secondary N) is 2. The molecule has 11 nitrogen and oxygen atoms in total. The molecule has 0 aliphatic carbocycles. The molecule has 1 aliphatic heterocycles. The molecule has 0 saturated carbocycles. The summed E-state index contributed by atoms with van der Waals surface area (Å²) in [6, 6.07) is 12.6. The summed E-state index contributed by atoms with van der Waals surface area (Å²) in [5.74, 6) is -2.31. The van der Waals surface area contributed by atoms with E-state index >= 15 is 0 Å². The Morgan fingerprint density at radius 3 is 2.43 bits per heavy atom. The summed E-state index contributed by atoms with van der Waals surface area (Å²) in [5, 5.41) is 22.7. The molecule has 4 rings (SSSR count). The van der Waals surface area contributed by atoms with Crippen molar-refractivity contribution in [3.63, 3.8) is 0 Å². The van der Waals surface area contributed by atoms with Crippen LogP contribution in [0.4, 0.5) is 4.79 Å². The van der Waals surface area contributed by atoms with Crippen LogP contribution >= 0.6 is 23.5 Å². The number of aromatic nitrogens is 1. The van der Waals surface area contributed by atoms with Crippen molar-refractivity contribution in [3.8, 4) is 11.3 Å². The van der Waals surface area contributed by atoms with Crippen molar-refractivity contribution < 1.29 is 38.6 Å². The number of rotatable bonds is 9. The summed E-state index contributed by atoms with van der Waals surface area (Å²) >= 11 is 1.97. The molecule has 13 heteroatoms. The highest BCUT2D eigenvalue weighted by molar-refractivity contribution is 8.18. The first-order valence-electron chi connectivity index (χ1n) is 10.5. The van der Waals surface area contributed by atoms with Gasteiger partial charge in [-0.2, -0.15) is 0 Å². The van der Waals surface area contributed by atoms with Gasteiger partial charge in [0.2, 0.25) is 0 Å². The number of hydrogen-bond acceptors (Lipinski definition) is 9. The largest absolute Gasteiger partial charge is 0.477 e. The number of carboxylic acids is 2. The lowest BCUT2D eigenvalue weighted by Crippen LogP contribution is -2.25. The molecule has 0 radical (unpaired) electrons. The number of nitrogens with zero attached hydrogens (tertiary/aromatic N) is 1. The van der Waals surface area contributed by atoms with E-state index in [0.29, 0.717) is 33.3 Å². The van der Waals surface area contributed by atoms with Crippen molar-refractivity contribution in [2.24, 2.45) is 0 Å². The van der Waals surface area contributed by atoms with Gasteiger partial charge in [0.15, 0.2) is 0 Å². The van der Waals surface area contributed by atoms with E-state index in [1.807, 2.05) is 0 Å². The second-order valence-corrected chi connectivity index (χ2v) is 9.61. The fourth-order valence-electron chi connectivity index (χ4n) is 3.19. The zero-order valence-electron chi connectivity index (χ0n) is 18.7. The van der Waals surface area contributed by atoms with E-state index in [4.69, 9.17) is 14.6 Å². The molecule has 4 N–H and O–H groups in total. The number of imide groups is 1. The first-order chi connectivity index (χ1) is 17.7. The lowest BCUT2D eigenvalue weighted by atomic mass is 10.1. The molecule has 188 valence electrons. The Labute approximate surface area is 217 Å². The molecule has 2 aromatic heterocycles. The number of carboxylic acid groups (broad SMARTS) is 2. The lowest BCUT2D eigenvalue weighted by Gasteiger charge is -2.07. The quantitative estimate of drug-likeness (QED) is 0.178. The number of benzene rings is 1. The highest BCUT2D eigenvalue weighted by Gasteiger charge is 2.25. The molecule has 0 bridgehead atoms. The van der Waals surface area contributed by atoms with Gasteiger partial charge < -0.3 is 19.9 Å². The molecule has 37 heavy (non-hydrogen) atoms. The Kier molecular flexibility index (Phi) is 7.74. The van der Waals surface area contributed by atoms with E-state index < -0.39 is 23.1 Å². The van der Waals surface area contributed by atoms with Crippen molar-refractivity contribution in [1.82, 2.24) is 15.6 Å². The number of furan rings is 1. The molecule has 1 aliphatic rings. The smallest absolute Gasteiger partial charge is 0.354 e. The van der Waals surface area contributed by atoms with Crippen molar-refractivity contribution in [2.45, 2.75) is 4.90 Å². The maximum absolute atomic E-state index is 12.6. The van der Waals surface area contributed by atoms with Gasteiger partial charge in [-0.05, 0) is 48.2 Å². The molecular weight excluding hydrogens is 522 g/mol. The topological polar surface area (TPSA) is 176 Å². The van der Waals surface area contributed by atoms with Gasteiger partial charge in [-0.15, -0.1) is 11.8 Å². The van der Waals surface area contributed by atoms with Crippen molar-refractivity contribution in [1.29, 1.82) is 0 Å². The van der Waals surface area contributed by atoms with Crippen LogP contribution in [0.3, 0.4) is 0 Å². The molecular formula is C24H17N3O8S2. The third kappa shape index (κ3) is 6.45. The molecule has 1 fully saturated rings. The standard InChI is InChI=1S/C24H17N3O8S2/c28-20(25-6-7-36-15-10-16(22(30)31)26-17(11-15)23(32)33)13-3-1-2-12(8-13)18-5-4-14(35-18)9-19-21(29)27-24(34)37-19/h1-5,8-11H,6-7H2,(H,25,28)(H,30,31)(H,32,33)(H,27,29,34). The third-order valence-electron chi connectivity index (χ3n) is 4.84.